The van der Waals surface area contributed by atoms with Crippen molar-refractivity contribution < 1.29 is 0 Å². The zero-order valence-corrected chi connectivity index (χ0v) is 10.0. The molecule has 0 saturated heterocycles. The van der Waals surface area contributed by atoms with Crippen LogP contribution in [0.4, 0.5) is 0 Å². The summed E-state index contributed by atoms with van der Waals surface area (Å²) in [5, 5.41) is 1.43. The Bertz CT molecular complexity index is 473. The molecule has 0 spiro atoms. The SMILES string of the molecule is NCc1ccc(Sc2ncccc2Cl)cn1. The van der Waals surface area contributed by atoms with E-state index in [9.17, 15) is 0 Å². The average Bonchev–Trinajstić information content (AvgIpc) is 2.33. The monoisotopic (exact) mass is 251 g/mol. The van der Waals surface area contributed by atoms with E-state index >= 15 is 0 Å². The lowest BCUT2D eigenvalue weighted by Crippen LogP contribution is -1.98. The number of hydrogen-bond acceptors (Lipinski definition) is 4. The summed E-state index contributed by atoms with van der Waals surface area (Å²) in [5.74, 6) is 0. The average molecular weight is 252 g/mol. The topological polar surface area (TPSA) is 51.8 Å². The Hall–Kier alpha value is -1.10. The van der Waals surface area contributed by atoms with Crippen molar-refractivity contribution in [3.05, 3.63) is 47.4 Å². The van der Waals surface area contributed by atoms with Gasteiger partial charge in [0.1, 0.15) is 5.03 Å². The summed E-state index contributed by atoms with van der Waals surface area (Å²) in [7, 11) is 0. The van der Waals surface area contributed by atoms with E-state index in [1.165, 1.54) is 11.8 Å². The minimum Gasteiger partial charge on any atom is -0.325 e. The number of rotatable bonds is 3. The quantitative estimate of drug-likeness (QED) is 0.911. The molecular weight excluding hydrogens is 242 g/mol. The fraction of sp³-hybridized carbons (Fsp3) is 0.0909. The molecule has 0 aromatic carbocycles. The molecule has 2 heterocycles. The van der Waals surface area contributed by atoms with Crippen molar-refractivity contribution in [2.75, 3.05) is 0 Å². The molecule has 2 rings (SSSR count). The summed E-state index contributed by atoms with van der Waals surface area (Å²) in [6.07, 6.45) is 3.49. The van der Waals surface area contributed by atoms with Crippen LogP contribution in [0.1, 0.15) is 5.69 Å². The summed E-state index contributed by atoms with van der Waals surface area (Å²) in [6.45, 7) is 0.454. The normalized spacial score (nSPS) is 10.4. The van der Waals surface area contributed by atoms with E-state index in [-0.39, 0.29) is 0 Å². The van der Waals surface area contributed by atoms with Gasteiger partial charge in [-0.25, -0.2) is 4.98 Å². The third-order valence-electron chi connectivity index (χ3n) is 1.95. The lowest BCUT2D eigenvalue weighted by molar-refractivity contribution is 0.976. The first kappa shape index (κ1) is 11.4. The maximum atomic E-state index is 6.01. The third kappa shape index (κ3) is 2.72. The van der Waals surface area contributed by atoms with Crippen LogP contribution in [0.2, 0.25) is 5.02 Å². The molecule has 2 aromatic heterocycles. The highest BCUT2D eigenvalue weighted by molar-refractivity contribution is 7.99. The zero-order chi connectivity index (χ0) is 11.4. The number of nitrogens with two attached hydrogens (primary N) is 1. The van der Waals surface area contributed by atoms with Gasteiger partial charge in [-0.3, -0.25) is 4.98 Å². The Kier molecular flexibility index (Phi) is 3.77. The molecule has 16 heavy (non-hydrogen) atoms. The standard InChI is InChI=1S/C11H10ClN3S/c12-10-2-1-5-14-11(10)16-9-4-3-8(6-13)15-7-9/h1-5,7H,6,13H2. The summed E-state index contributed by atoms with van der Waals surface area (Å²) in [5.41, 5.74) is 6.35. The second-order valence-corrected chi connectivity index (χ2v) is 4.55. The second kappa shape index (κ2) is 5.30. The Morgan fingerprint density at radius 2 is 2.12 bits per heavy atom. The molecule has 0 amide bonds. The molecule has 0 radical (unpaired) electrons. The van der Waals surface area contributed by atoms with Crippen LogP contribution < -0.4 is 5.73 Å². The van der Waals surface area contributed by atoms with Crippen LogP contribution in [0.15, 0.2) is 46.6 Å². The first-order chi connectivity index (χ1) is 7.79. The van der Waals surface area contributed by atoms with Crippen molar-refractivity contribution in [1.29, 1.82) is 0 Å². The van der Waals surface area contributed by atoms with Gasteiger partial charge >= 0.3 is 0 Å². The molecule has 3 nitrogen and oxygen atoms in total. The maximum Gasteiger partial charge on any atom is 0.119 e. The van der Waals surface area contributed by atoms with Gasteiger partial charge in [-0.1, -0.05) is 23.4 Å². The van der Waals surface area contributed by atoms with Crippen molar-refractivity contribution in [1.82, 2.24) is 9.97 Å². The van der Waals surface area contributed by atoms with Crippen molar-refractivity contribution in [3.8, 4) is 0 Å². The molecule has 0 fully saturated rings. The Balaban J connectivity index is 2.18. The first-order valence-electron chi connectivity index (χ1n) is 4.73. The van der Waals surface area contributed by atoms with E-state index in [0.29, 0.717) is 11.6 Å². The van der Waals surface area contributed by atoms with E-state index in [1.807, 2.05) is 24.3 Å². The van der Waals surface area contributed by atoms with Gasteiger partial charge in [0.05, 0.1) is 10.7 Å². The summed E-state index contributed by atoms with van der Waals surface area (Å²) >= 11 is 7.50. The number of aromatic nitrogens is 2. The smallest absolute Gasteiger partial charge is 0.119 e. The summed E-state index contributed by atoms with van der Waals surface area (Å²) in [6, 6.07) is 7.49. The minimum absolute atomic E-state index is 0.454. The highest BCUT2D eigenvalue weighted by atomic mass is 35.5. The van der Waals surface area contributed by atoms with Crippen LogP contribution in [0.5, 0.6) is 0 Å². The van der Waals surface area contributed by atoms with Crippen LogP contribution in [0.25, 0.3) is 0 Å². The van der Waals surface area contributed by atoms with Crippen LogP contribution in [-0.2, 0) is 6.54 Å². The van der Waals surface area contributed by atoms with Gasteiger partial charge in [-0.2, -0.15) is 0 Å². The number of hydrogen-bond donors (Lipinski definition) is 1. The van der Waals surface area contributed by atoms with Crippen molar-refractivity contribution in [2.45, 2.75) is 16.5 Å². The molecule has 0 aliphatic carbocycles. The summed E-state index contributed by atoms with van der Waals surface area (Å²) in [4.78, 5) is 9.40. The maximum absolute atomic E-state index is 6.01. The van der Waals surface area contributed by atoms with Crippen molar-refractivity contribution in [3.63, 3.8) is 0 Å². The van der Waals surface area contributed by atoms with Crippen LogP contribution in [-0.4, -0.2) is 9.97 Å². The van der Waals surface area contributed by atoms with Gasteiger partial charge in [-0.05, 0) is 24.3 Å². The number of halogens is 1. The lowest BCUT2D eigenvalue weighted by Gasteiger charge is -2.02. The largest absolute Gasteiger partial charge is 0.325 e. The molecule has 82 valence electrons. The highest BCUT2D eigenvalue weighted by Crippen LogP contribution is 2.30. The van der Waals surface area contributed by atoms with Gasteiger partial charge in [0, 0.05) is 23.8 Å². The van der Waals surface area contributed by atoms with E-state index in [0.717, 1.165) is 15.6 Å². The molecule has 0 saturated carbocycles. The van der Waals surface area contributed by atoms with Crippen LogP contribution in [0.3, 0.4) is 0 Å². The molecule has 0 bridgehead atoms. The van der Waals surface area contributed by atoms with Gasteiger partial charge in [0.15, 0.2) is 0 Å². The fourth-order valence-electron chi connectivity index (χ4n) is 1.15. The zero-order valence-electron chi connectivity index (χ0n) is 8.43. The molecule has 5 heteroatoms. The van der Waals surface area contributed by atoms with Gasteiger partial charge in [-0.15, -0.1) is 0 Å². The van der Waals surface area contributed by atoms with Crippen molar-refractivity contribution >= 4 is 23.4 Å². The Morgan fingerprint density at radius 3 is 2.75 bits per heavy atom. The Morgan fingerprint density at radius 1 is 1.25 bits per heavy atom. The molecule has 0 aliphatic rings. The molecule has 0 aliphatic heterocycles. The van der Waals surface area contributed by atoms with E-state index in [1.54, 1.807) is 12.4 Å². The second-order valence-electron chi connectivity index (χ2n) is 3.08. The number of nitrogens with zero attached hydrogens (tertiary/aromatic N) is 2. The third-order valence-corrected chi connectivity index (χ3v) is 3.36. The van der Waals surface area contributed by atoms with E-state index in [4.69, 9.17) is 17.3 Å². The lowest BCUT2D eigenvalue weighted by atomic mass is 10.4. The van der Waals surface area contributed by atoms with Gasteiger partial charge in [0.2, 0.25) is 0 Å². The predicted octanol–water partition coefficient (Wildman–Crippen LogP) is 2.74. The fourth-order valence-corrected chi connectivity index (χ4v) is 2.13. The van der Waals surface area contributed by atoms with Crippen molar-refractivity contribution in [2.24, 2.45) is 5.73 Å². The summed E-state index contributed by atoms with van der Waals surface area (Å²) < 4.78 is 0. The van der Waals surface area contributed by atoms with Gasteiger partial charge in [0.25, 0.3) is 0 Å². The van der Waals surface area contributed by atoms with E-state index in [2.05, 4.69) is 9.97 Å². The highest BCUT2D eigenvalue weighted by Gasteiger charge is 2.03. The van der Waals surface area contributed by atoms with Crippen LogP contribution >= 0.6 is 23.4 Å². The Labute approximate surface area is 103 Å². The van der Waals surface area contributed by atoms with E-state index < -0.39 is 0 Å². The molecule has 2 aromatic rings. The molecule has 0 unspecified atom stereocenters. The minimum atomic E-state index is 0.454. The molecule has 2 N–H and O–H groups in total. The van der Waals surface area contributed by atoms with Crippen LogP contribution in [0, 0.1) is 0 Å². The predicted molar refractivity (Wildman–Crippen MR) is 65.5 cm³/mol. The molecular formula is C11H10ClN3S. The first-order valence-corrected chi connectivity index (χ1v) is 5.92. The number of pyridine rings is 2. The van der Waals surface area contributed by atoms with Gasteiger partial charge < -0.3 is 5.73 Å². The molecule has 0 atom stereocenters.